The quantitative estimate of drug-likeness (QED) is 0.339. The molecule has 0 aromatic heterocycles. The summed E-state index contributed by atoms with van der Waals surface area (Å²) in [4.78, 5) is 0. The minimum Gasteiger partial charge on any atom is -0.344 e. The molecule has 0 saturated carbocycles. The Morgan fingerprint density at radius 2 is 1.00 bits per heavy atom. The molecule has 0 heterocycles. The van der Waals surface area contributed by atoms with E-state index in [1.54, 1.807) is 0 Å². The molecule has 0 aliphatic rings. The highest BCUT2D eigenvalue weighted by Gasteiger charge is 1.36. The summed E-state index contributed by atoms with van der Waals surface area (Å²) < 4.78 is 14.1. The summed E-state index contributed by atoms with van der Waals surface area (Å²) in [6.45, 7) is 0. The van der Waals surface area contributed by atoms with Gasteiger partial charge in [0.1, 0.15) is 0 Å². The topological polar surface area (TPSA) is 110 Å². The molecule has 0 aromatic rings. The molecule has 0 saturated heterocycles. The van der Waals surface area contributed by atoms with Gasteiger partial charge in [-0.15, -0.1) is 0 Å². The summed E-state index contributed by atoms with van der Waals surface area (Å²) in [7, 11) is 0. The molecular weight excluding hydrogens is 92.1 g/mol. The second-order valence-corrected chi connectivity index (χ2v) is 0.245. The van der Waals surface area contributed by atoms with Crippen molar-refractivity contribution in [3.8, 4) is 0 Å². The van der Waals surface area contributed by atoms with Crippen molar-refractivity contribution in [3.05, 3.63) is 0 Å². The Morgan fingerprint density at radius 3 is 1.00 bits per heavy atom. The molecule has 0 aromatic carbocycles. The molecule has 36 valence electrons. The maximum atomic E-state index is 7.04. The van der Waals surface area contributed by atoms with Crippen molar-refractivity contribution in [2.75, 3.05) is 0 Å². The zero-order chi connectivity index (χ0) is 2.71. The van der Waals surface area contributed by atoms with Gasteiger partial charge in [-0.05, 0) is 0 Å². The predicted octanol–water partition coefficient (Wildman–Crippen LogP) is 0.990. The molecule has 0 unspecified atom stereocenters. The molecule has 0 spiro atoms. The van der Waals surface area contributed by atoms with Gasteiger partial charge in [0.2, 0.25) is 0 Å². The van der Waals surface area contributed by atoms with Gasteiger partial charge < -0.3 is 21.4 Å². The first-order valence-corrected chi connectivity index (χ1v) is 1.10. The maximum Gasteiger partial charge on any atom is 0.152 e. The van der Waals surface area contributed by atoms with E-state index in [9.17, 15) is 0 Å². The first kappa shape index (κ1) is 19.0. The zero-order valence-corrected chi connectivity index (χ0v) is 3.53. The minimum absolute atomic E-state index is 0. The first-order valence-electron chi connectivity index (χ1n) is 0.365. The Hall–Kier alpha value is 0.190. The summed E-state index contributed by atoms with van der Waals surface area (Å²) in [5.41, 5.74) is 0. The van der Waals surface area contributed by atoms with Crippen LogP contribution in [0.4, 0.5) is 0 Å². The van der Waals surface area contributed by atoms with Gasteiger partial charge in [-0.1, -0.05) is 0 Å². The average Bonchev–Trinajstić information content (AvgIpc) is 0.918. The highest BCUT2D eigenvalue weighted by molar-refractivity contribution is 7.87. The fraction of sp³-hybridized carbons (Fsp3) is 0. The Morgan fingerprint density at radius 1 is 1.00 bits per heavy atom. The van der Waals surface area contributed by atoms with Crippen molar-refractivity contribution in [3.63, 3.8) is 0 Å². The van der Waals surface area contributed by atoms with Crippen molar-refractivity contribution in [2.24, 2.45) is 0 Å². The van der Waals surface area contributed by atoms with Crippen LogP contribution in [-0.4, -0.2) is 9.11 Å². The molecule has 0 bridgehead atoms. The van der Waals surface area contributed by atoms with Gasteiger partial charge in [0.15, 0.2) is 12.3 Å². The van der Waals surface area contributed by atoms with E-state index in [4.69, 9.17) is 9.11 Å². The van der Waals surface area contributed by atoms with Crippen LogP contribution in [0.5, 0.6) is 0 Å². The lowest BCUT2D eigenvalue weighted by Gasteiger charge is -1.51. The van der Waals surface area contributed by atoms with Gasteiger partial charge >= 0.3 is 0 Å². The molecule has 0 amide bonds. The molecule has 0 fully saturated rings. The Kier molecular flexibility index (Phi) is 114. The summed E-state index contributed by atoms with van der Waals surface area (Å²) in [6.07, 6.45) is 0. The fourth-order valence-corrected chi connectivity index (χ4v) is 0. The van der Waals surface area contributed by atoms with Gasteiger partial charge in [0.05, 0.1) is 0 Å². The number of hydrogen-bond acceptors (Lipinski definition) is 5. The highest BCUT2D eigenvalue weighted by atomic mass is 32.2. The smallest absolute Gasteiger partial charge is 0.152 e. The van der Waals surface area contributed by atoms with Crippen LogP contribution >= 0.6 is 12.3 Å². The van der Waals surface area contributed by atoms with Gasteiger partial charge in [-0.25, -0.2) is 0 Å². The molecule has 0 radical (unpaired) electrons. The molecule has 8 N–H and O–H groups in total. The molecule has 0 aliphatic carbocycles. The molecule has 4 nitrogen and oxygen atoms in total. The summed E-state index contributed by atoms with van der Waals surface area (Å²) in [5.74, 6) is 0. The van der Waals surface area contributed by atoms with Crippen LogP contribution < -0.4 is 12.3 Å². The lowest BCUT2D eigenvalue weighted by molar-refractivity contribution is 0.541. The third-order valence-corrected chi connectivity index (χ3v) is 0. The number of rotatable bonds is 0. The molecular formula is H8N2O2S. The lowest BCUT2D eigenvalue weighted by atomic mass is 14.0. The van der Waals surface area contributed by atoms with E-state index >= 15 is 0 Å². The van der Waals surface area contributed by atoms with Crippen LogP contribution in [-0.2, 0) is 0 Å². The van der Waals surface area contributed by atoms with Crippen LogP contribution in [0.2, 0.25) is 0 Å². The first-order chi connectivity index (χ1) is 1.41. The van der Waals surface area contributed by atoms with Crippen LogP contribution in [0.1, 0.15) is 0 Å². The van der Waals surface area contributed by atoms with Crippen LogP contribution in [0.25, 0.3) is 0 Å². The Bertz CT molecular complexity index is 7.61. The predicted molar refractivity (Wildman–Crippen MR) is 22.9 cm³/mol. The van der Waals surface area contributed by atoms with E-state index in [0.717, 1.165) is 0 Å². The molecule has 5 heteroatoms. The van der Waals surface area contributed by atoms with E-state index < -0.39 is 0 Å². The van der Waals surface area contributed by atoms with Crippen molar-refractivity contribution in [2.45, 2.75) is 0 Å². The standard InChI is InChI=1S/2H3N.H2O2S/c;;1-3-2/h2*1H3;1-2H. The Balaban J connectivity index is -0.0000000200. The molecule has 0 atom stereocenters. The summed E-state index contributed by atoms with van der Waals surface area (Å²) in [6, 6.07) is 0. The van der Waals surface area contributed by atoms with Gasteiger partial charge in [0.25, 0.3) is 0 Å². The molecule has 0 rings (SSSR count). The van der Waals surface area contributed by atoms with E-state index in [-0.39, 0.29) is 24.6 Å². The third-order valence-electron chi connectivity index (χ3n) is 0. The summed E-state index contributed by atoms with van der Waals surface area (Å²) in [5, 5.41) is 0. The van der Waals surface area contributed by atoms with Crippen LogP contribution in [0.3, 0.4) is 0 Å². The SMILES string of the molecule is N.N.OSO. The van der Waals surface area contributed by atoms with Crippen LogP contribution in [0.15, 0.2) is 0 Å². The highest BCUT2D eigenvalue weighted by Crippen LogP contribution is 1.67. The van der Waals surface area contributed by atoms with E-state index in [2.05, 4.69) is 0 Å². The fourth-order valence-electron chi connectivity index (χ4n) is 0. The van der Waals surface area contributed by atoms with Crippen molar-refractivity contribution >= 4 is 12.3 Å². The van der Waals surface area contributed by atoms with Gasteiger partial charge in [0, 0.05) is 0 Å². The van der Waals surface area contributed by atoms with E-state index in [0.29, 0.717) is 0 Å². The number of hydrogen-bond donors (Lipinski definition) is 4. The normalized spacial score (nSPS) is 3.60. The van der Waals surface area contributed by atoms with Crippen molar-refractivity contribution < 1.29 is 9.11 Å². The second kappa shape index (κ2) is 30.1. The lowest BCUT2D eigenvalue weighted by Crippen LogP contribution is -1.31. The third kappa shape index (κ3) is 557. The van der Waals surface area contributed by atoms with Crippen molar-refractivity contribution in [1.82, 2.24) is 12.3 Å². The zero-order valence-electron chi connectivity index (χ0n) is 2.72. The van der Waals surface area contributed by atoms with Crippen LogP contribution in [0, 0.1) is 0 Å². The average molecular weight is 100 g/mol. The maximum absolute atomic E-state index is 7.04. The largest absolute Gasteiger partial charge is 0.344 e. The Labute approximate surface area is 34.8 Å². The monoisotopic (exact) mass is 100 g/mol. The summed E-state index contributed by atoms with van der Waals surface area (Å²) >= 11 is -0.250. The minimum atomic E-state index is -0.250. The van der Waals surface area contributed by atoms with E-state index in [1.165, 1.54) is 0 Å². The molecule has 0 aliphatic heterocycles. The van der Waals surface area contributed by atoms with Gasteiger partial charge in [-0.3, -0.25) is 0 Å². The van der Waals surface area contributed by atoms with Gasteiger partial charge in [-0.2, -0.15) is 0 Å². The second-order valence-electron chi connectivity index (χ2n) is 0.0816. The molecule has 5 heavy (non-hydrogen) atoms. The van der Waals surface area contributed by atoms with E-state index in [1.807, 2.05) is 0 Å². The van der Waals surface area contributed by atoms with Crippen molar-refractivity contribution in [1.29, 1.82) is 0 Å².